The van der Waals surface area contributed by atoms with Crippen molar-refractivity contribution in [1.29, 1.82) is 0 Å². The maximum atomic E-state index is 12.9. The average molecular weight is 344 g/mol. The summed E-state index contributed by atoms with van der Waals surface area (Å²) in [5, 5.41) is 9.67. The molecule has 25 heavy (non-hydrogen) atoms. The van der Waals surface area contributed by atoms with Gasteiger partial charge in [0.1, 0.15) is 0 Å². The Balaban J connectivity index is 1.65. The van der Waals surface area contributed by atoms with Crippen molar-refractivity contribution in [3.05, 3.63) is 35.4 Å². The van der Waals surface area contributed by atoms with Gasteiger partial charge in [0.2, 0.25) is 11.8 Å². The molecular formula is C20H28N2O3. The van der Waals surface area contributed by atoms with Crippen molar-refractivity contribution in [2.75, 3.05) is 19.7 Å². The average Bonchev–Trinajstić information content (AvgIpc) is 2.96. The second kappa shape index (κ2) is 7.56. The van der Waals surface area contributed by atoms with E-state index in [0.717, 1.165) is 18.4 Å². The van der Waals surface area contributed by atoms with Crippen LogP contribution >= 0.6 is 0 Å². The van der Waals surface area contributed by atoms with Crippen LogP contribution in [-0.2, 0) is 16.1 Å². The Morgan fingerprint density at radius 3 is 2.68 bits per heavy atom. The quantitative estimate of drug-likeness (QED) is 0.908. The molecule has 2 aliphatic heterocycles. The lowest BCUT2D eigenvalue weighted by molar-refractivity contribution is -0.142. The van der Waals surface area contributed by atoms with Gasteiger partial charge in [0.25, 0.3) is 0 Å². The van der Waals surface area contributed by atoms with Crippen molar-refractivity contribution in [2.45, 2.75) is 45.7 Å². The number of hydrogen-bond acceptors (Lipinski definition) is 3. The molecule has 5 heteroatoms. The van der Waals surface area contributed by atoms with Crippen LogP contribution in [-0.4, -0.2) is 52.5 Å². The van der Waals surface area contributed by atoms with Crippen LogP contribution < -0.4 is 0 Å². The van der Waals surface area contributed by atoms with E-state index in [1.165, 1.54) is 5.56 Å². The van der Waals surface area contributed by atoms with E-state index in [4.69, 9.17) is 0 Å². The molecule has 2 fully saturated rings. The fraction of sp³-hybridized carbons (Fsp3) is 0.600. The van der Waals surface area contributed by atoms with Crippen LogP contribution in [0.5, 0.6) is 0 Å². The maximum absolute atomic E-state index is 12.9. The highest BCUT2D eigenvalue weighted by Crippen LogP contribution is 2.28. The molecule has 2 saturated heterocycles. The number of aliphatic hydroxyl groups excluding tert-OH is 1. The summed E-state index contributed by atoms with van der Waals surface area (Å²) in [7, 11) is 0. The van der Waals surface area contributed by atoms with Gasteiger partial charge < -0.3 is 14.9 Å². The van der Waals surface area contributed by atoms with E-state index in [-0.39, 0.29) is 36.8 Å². The van der Waals surface area contributed by atoms with Crippen molar-refractivity contribution in [1.82, 2.24) is 9.80 Å². The first-order valence-electron chi connectivity index (χ1n) is 9.24. The van der Waals surface area contributed by atoms with Gasteiger partial charge in [-0.1, -0.05) is 36.8 Å². The zero-order valence-corrected chi connectivity index (χ0v) is 15.1. The van der Waals surface area contributed by atoms with Gasteiger partial charge in [-0.25, -0.2) is 0 Å². The van der Waals surface area contributed by atoms with E-state index in [0.29, 0.717) is 25.6 Å². The molecule has 0 aliphatic carbocycles. The molecule has 0 spiro atoms. The number of hydrogen-bond donors (Lipinski definition) is 1. The molecule has 3 rings (SSSR count). The number of amides is 2. The van der Waals surface area contributed by atoms with Gasteiger partial charge in [0.15, 0.2) is 0 Å². The number of rotatable bonds is 4. The summed E-state index contributed by atoms with van der Waals surface area (Å²) in [4.78, 5) is 28.9. The predicted molar refractivity (Wildman–Crippen MR) is 95.7 cm³/mol. The van der Waals surface area contributed by atoms with Crippen molar-refractivity contribution >= 4 is 11.8 Å². The highest BCUT2D eigenvalue weighted by molar-refractivity contribution is 5.89. The van der Waals surface area contributed by atoms with Gasteiger partial charge in [0, 0.05) is 26.1 Å². The Kier molecular flexibility index (Phi) is 5.42. The standard InChI is InChI=1S/C20H28N2O3/c1-14-5-7-16(8-6-14)11-21-12-17(10-19(21)24)20(25)22-9-3-4-15(2)18(22)13-23/h5-8,15,17-18,23H,3-4,9-13H2,1-2H3. The third kappa shape index (κ3) is 3.87. The summed E-state index contributed by atoms with van der Waals surface area (Å²) in [6, 6.07) is 8.04. The highest BCUT2D eigenvalue weighted by Gasteiger charge is 2.40. The number of aliphatic hydroxyl groups is 1. The lowest BCUT2D eigenvalue weighted by Gasteiger charge is -2.40. The third-order valence-electron chi connectivity index (χ3n) is 5.64. The first-order chi connectivity index (χ1) is 12.0. The number of piperidine rings is 1. The predicted octanol–water partition coefficient (Wildman–Crippen LogP) is 1.96. The lowest BCUT2D eigenvalue weighted by Crippen LogP contribution is -2.51. The van der Waals surface area contributed by atoms with Crippen molar-refractivity contribution in [3.8, 4) is 0 Å². The van der Waals surface area contributed by atoms with Crippen LogP contribution in [0.15, 0.2) is 24.3 Å². The lowest BCUT2D eigenvalue weighted by atomic mass is 9.90. The fourth-order valence-corrected chi connectivity index (χ4v) is 4.04. The summed E-state index contributed by atoms with van der Waals surface area (Å²) < 4.78 is 0. The molecule has 1 aromatic rings. The molecule has 3 unspecified atom stereocenters. The number of carbonyl (C=O) groups excluding carboxylic acids is 2. The van der Waals surface area contributed by atoms with Gasteiger partial charge in [-0.3, -0.25) is 9.59 Å². The summed E-state index contributed by atoms with van der Waals surface area (Å²) in [5.41, 5.74) is 2.28. The van der Waals surface area contributed by atoms with Crippen molar-refractivity contribution in [2.24, 2.45) is 11.8 Å². The Morgan fingerprint density at radius 1 is 1.28 bits per heavy atom. The first kappa shape index (κ1) is 17.9. The fourth-order valence-electron chi connectivity index (χ4n) is 4.04. The van der Waals surface area contributed by atoms with E-state index in [1.54, 1.807) is 4.90 Å². The summed E-state index contributed by atoms with van der Waals surface area (Å²) in [5.74, 6) is 0.107. The van der Waals surface area contributed by atoms with Crippen LogP contribution in [0.3, 0.4) is 0 Å². The molecule has 5 nitrogen and oxygen atoms in total. The first-order valence-corrected chi connectivity index (χ1v) is 9.24. The molecule has 136 valence electrons. The smallest absolute Gasteiger partial charge is 0.228 e. The molecule has 3 atom stereocenters. The normalized spacial score (nSPS) is 27.0. The van der Waals surface area contributed by atoms with E-state index < -0.39 is 0 Å². The minimum absolute atomic E-state index is 0.000649. The van der Waals surface area contributed by atoms with Crippen LogP contribution in [0.25, 0.3) is 0 Å². The van der Waals surface area contributed by atoms with Gasteiger partial charge in [-0.15, -0.1) is 0 Å². The monoisotopic (exact) mass is 344 g/mol. The van der Waals surface area contributed by atoms with Gasteiger partial charge in [0.05, 0.1) is 18.6 Å². The van der Waals surface area contributed by atoms with E-state index in [9.17, 15) is 14.7 Å². The molecule has 1 aromatic carbocycles. The second-order valence-electron chi connectivity index (χ2n) is 7.56. The van der Waals surface area contributed by atoms with Crippen LogP contribution in [0, 0.1) is 18.8 Å². The number of nitrogens with zero attached hydrogens (tertiary/aromatic N) is 2. The molecule has 2 heterocycles. The molecular weight excluding hydrogens is 316 g/mol. The largest absolute Gasteiger partial charge is 0.394 e. The van der Waals surface area contributed by atoms with Gasteiger partial charge in [-0.2, -0.15) is 0 Å². The van der Waals surface area contributed by atoms with E-state index in [1.807, 2.05) is 36.1 Å². The van der Waals surface area contributed by atoms with Crippen LogP contribution in [0.1, 0.15) is 37.3 Å². The van der Waals surface area contributed by atoms with E-state index in [2.05, 4.69) is 6.92 Å². The Morgan fingerprint density at radius 2 is 2.00 bits per heavy atom. The highest BCUT2D eigenvalue weighted by atomic mass is 16.3. The zero-order chi connectivity index (χ0) is 18.0. The summed E-state index contributed by atoms with van der Waals surface area (Å²) in [6.07, 6.45) is 2.29. The van der Waals surface area contributed by atoms with Crippen LogP contribution in [0.2, 0.25) is 0 Å². The topological polar surface area (TPSA) is 60.9 Å². The molecule has 1 N–H and O–H groups in total. The molecule has 0 aromatic heterocycles. The van der Waals surface area contributed by atoms with Crippen molar-refractivity contribution < 1.29 is 14.7 Å². The Hall–Kier alpha value is -1.88. The Labute approximate surface area is 149 Å². The van der Waals surface area contributed by atoms with Crippen molar-refractivity contribution in [3.63, 3.8) is 0 Å². The molecule has 0 radical (unpaired) electrons. The van der Waals surface area contributed by atoms with Crippen LogP contribution in [0.4, 0.5) is 0 Å². The number of aryl methyl sites for hydroxylation is 1. The maximum Gasteiger partial charge on any atom is 0.228 e. The number of likely N-dealkylation sites (tertiary alicyclic amines) is 2. The molecule has 0 bridgehead atoms. The third-order valence-corrected chi connectivity index (χ3v) is 5.64. The SMILES string of the molecule is Cc1ccc(CN2CC(C(=O)N3CCCC(C)C3CO)CC2=O)cc1. The summed E-state index contributed by atoms with van der Waals surface area (Å²) in [6.45, 7) is 5.86. The zero-order valence-electron chi connectivity index (χ0n) is 15.1. The number of benzene rings is 1. The van der Waals surface area contributed by atoms with Gasteiger partial charge >= 0.3 is 0 Å². The number of carbonyl (C=O) groups is 2. The van der Waals surface area contributed by atoms with E-state index >= 15 is 0 Å². The minimum Gasteiger partial charge on any atom is -0.394 e. The molecule has 0 saturated carbocycles. The summed E-state index contributed by atoms with van der Waals surface area (Å²) >= 11 is 0. The second-order valence-corrected chi connectivity index (χ2v) is 7.56. The minimum atomic E-state index is -0.280. The molecule has 2 amide bonds. The van der Waals surface area contributed by atoms with Gasteiger partial charge in [-0.05, 0) is 31.2 Å². The molecule has 2 aliphatic rings. The Bertz CT molecular complexity index is 628.